The van der Waals surface area contributed by atoms with Crippen molar-refractivity contribution in [3.05, 3.63) is 11.8 Å². The maximum Gasteiger partial charge on any atom is 0.319 e. The van der Waals surface area contributed by atoms with Crippen LogP contribution in [0.3, 0.4) is 0 Å². The number of oxime groups is 1. The van der Waals surface area contributed by atoms with Crippen molar-refractivity contribution < 1.29 is 14.4 Å². The molecule has 3 aliphatic heterocycles. The van der Waals surface area contributed by atoms with Gasteiger partial charge in [-0.25, -0.2) is 0 Å². The molecule has 208 valence electrons. The number of hydrogen-bond donors (Lipinski definition) is 1. The van der Waals surface area contributed by atoms with Crippen LogP contribution in [0.4, 0.5) is 5.82 Å². The van der Waals surface area contributed by atoms with E-state index in [1.54, 1.807) is 0 Å². The quantitative estimate of drug-likeness (QED) is 0.625. The van der Waals surface area contributed by atoms with E-state index in [-0.39, 0.29) is 23.5 Å². The minimum atomic E-state index is -0.382. The Labute approximate surface area is 226 Å². The normalized spacial score (nSPS) is 36.6. The number of fused-ring (bicyclic) bond motifs is 2. The monoisotopic (exact) mass is 524 g/mol. The number of carbonyl (C=O) groups is 1. The van der Waals surface area contributed by atoms with Crippen LogP contribution in [0, 0.1) is 11.3 Å². The van der Waals surface area contributed by atoms with E-state index >= 15 is 0 Å². The molecule has 0 radical (unpaired) electrons. The van der Waals surface area contributed by atoms with Crippen molar-refractivity contribution in [2.75, 3.05) is 31.6 Å². The molecule has 38 heavy (non-hydrogen) atoms. The molecule has 1 aromatic heterocycles. The van der Waals surface area contributed by atoms with Crippen molar-refractivity contribution in [3.63, 3.8) is 0 Å². The summed E-state index contributed by atoms with van der Waals surface area (Å²) in [7, 11) is 2.17. The fraction of sp³-hybridized carbons (Fsp3) is 0.793. The second-order valence-corrected chi connectivity index (χ2v) is 12.6. The Hall–Kier alpha value is -2.26. The summed E-state index contributed by atoms with van der Waals surface area (Å²) in [6.07, 6.45) is 8.72. The summed E-state index contributed by atoms with van der Waals surface area (Å²) in [6.45, 7) is 9.38. The molecule has 4 heterocycles. The largest absolute Gasteiger partial charge is 0.459 e. The average molecular weight is 525 g/mol. The van der Waals surface area contributed by atoms with Crippen molar-refractivity contribution in [1.29, 1.82) is 0 Å². The molecule has 1 aromatic rings. The summed E-state index contributed by atoms with van der Waals surface area (Å²) in [5.41, 5.74) is 1.26. The Kier molecular flexibility index (Phi) is 7.10. The van der Waals surface area contributed by atoms with Gasteiger partial charge in [-0.1, -0.05) is 18.0 Å². The topological polar surface area (TPSA) is 92.2 Å². The van der Waals surface area contributed by atoms with Crippen LogP contribution >= 0.6 is 0 Å². The Morgan fingerprint density at radius 2 is 1.89 bits per heavy atom. The first kappa shape index (κ1) is 26.0. The maximum atomic E-state index is 13.2. The highest BCUT2D eigenvalue weighted by Gasteiger charge is 2.56. The van der Waals surface area contributed by atoms with Crippen LogP contribution in [0.1, 0.15) is 84.3 Å². The number of piperazine rings is 1. The van der Waals surface area contributed by atoms with Gasteiger partial charge in [-0.2, -0.15) is 9.97 Å². The predicted octanol–water partition coefficient (Wildman–Crippen LogP) is 3.56. The van der Waals surface area contributed by atoms with Crippen LogP contribution in [-0.2, 0) is 9.63 Å². The lowest BCUT2D eigenvalue weighted by Crippen LogP contribution is -2.54. The molecule has 0 amide bonds. The van der Waals surface area contributed by atoms with E-state index in [0.29, 0.717) is 36.3 Å². The Morgan fingerprint density at radius 3 is 2.63 bits per heavy atom. The van der Waals surface area contributed by atoms with Gasteiger partial charge < -0.3 is 19.8 Å². The average Bonchev–Trinajstić information content (AvgIpc) is 3.52. The number of nitrogens with one attached hydrogen (secondary N) is 1. The number of carbonyl (C=O) groups excluding carboxylic acids is 1. The Balaban J connectivity index is 1.32. The number of rotatable bonds is 5. The van der Waals surface area contributed by atoms with Crippen LogP contribution in [0.25, 0.3) is 0 Å². The van der Waals surface area contributed by atoms with Crippen molar-refractivity contribution in [3.8, 4) is 6.01 Å². The third kappa shape index (κ3) is 4.70. The number of likely N-dealkylation sites (tertiary alicyclic amines) is 1. The van der Waals surface area contributed by atoms with Gasteiger partial charge in [0.25, 0.3) is 0 Å². The van der Waals surface area contributed by atoms with Crippen LogP contribution in [0.2, 0.25) is 0 Å². The molecule has 1 N–H and O–H groups in total. The fourth-order valence-corrected chi connectivity index (χ4v) is 7.91. The molecular weight excluding hydrogens is 480 g/mol. The molecular formula is C29H44N6O3. The Morgan fingerprint density at radius 1 is 1.11 bits per heavy atom. The van der Waals surface area contributed by atoms with Gasteiger partial charge in [0.2, 0.25) is 0 Å². The number of Topliss-reactive ketones (excluding diaryl/α,β-unsaturated/α-hetero) is 1. The summed E-state index contributed by atoms with van der Waals surface area (Å²) in [6, 6.07) is 3.56. The van der Waals surface area contributed by atoms with Crippen molar-refractivity contribution in [2.24, 2.45) is 16.5 Å². The minimum Gasteiger partial charge on any atom is -0.459 e. The van der Waals surface area contributed by atoms with Gasteiger partial charge in [0.1, 0.15) is 29.5 Å². The van der Waals surface area contributed by atoms with Crippen molar-refractivity contribution in [2.45, 2.75) is 109 Å². The first-order chi connectivity index (χ1) is 18.3. The molecule has 1 unspecified atom stereocenters. The van der Waals surface area contributed by atoms with Crippen molar-refractivity contribution >= 4 is 17.3 Å². The third-order valence-electron chi connectivity index (χ3n) is 9.74. The van der Waals surface area contributed by atoms with E-state index in [2.05, 4.69) is 54.2 Å². The summed E-state index contributed by atoms with van der Waals surface area (Å²) >= 11 is 0. The van der Waals surface area contributed by atoms with Crippen LogP contribution < -0.4 is 15.0 Å². The van der Waals surface area contributed by atoms with Crippen LogP contribution in [0.15, 0.2) is 11.2 Å². The highest BCUT2D eigenvalue weighted by molar-refractivity contribution is 6.03. The van der Waals surface area contributed by atoms with Crippen LogP contribution in [-0.4, -0.2) is 83.4 Å². The molecule has 1 spiro atoms. The molecule has 7 atom stereocenters. The number of aromatic nitrogens is 2. The molecule has 2 aliphatic carbocycles. The Bertz CT molecular complexity index is 1070. The lowest BCUT2D eigenvalue weighted by Gasteiger charge is -2.44. The van der Waals surface area contributed by atoms with Gasteiger partial charge in [0, 0.05) is 49.6 Å². The standard InChI is InChI=1S/C29H44N6O3/c1-18-16-35(17-19(2)30-18)25-15-22(31-28(32-25)37-20(3)23-10-8-14-34(23)4)26-21-9-7-13-29(27(21)38-33-26)12-6-5-11-24(29)36/h15,18-21,23,27,30H,5-14,16-17H2,1-4H3/t18-,19-,20-,21?,23-,27+,29+/m0/s1. The van der Waals surface area contributed by atoms with Gasteiger partial charge in [-0.3, -0.25) is 9.69 Å². The zero-order valence-corrected chi connectivity index (χ0v) is 23.5. The number of likely N-dealkylation sites (N-methyl/N-ethyl adjacent to an activating group) is 1. The molecule has 2 saturated heterocycles. The number of ether oxygens (including phenoxy) is 1. The van der Waals surface area contributed by atoms with Gasteiger partial charge in [-0.05, 0) is 72.9 Å². The van der Waals surface area contributed by atoms with Gasteiger partial charge in [0.15, 0.2) is 0 Å². The summed E-state index contributed by atoms with van der Waals surface area (Å²) in [4.78, 5) is 33.9. The zero-order valence-electron chi connectivity index (χ0n) is 23.5. The first-order valence-electron chi connectivity index (χ1n) is 14.9. The molecule has 0 aromatic carbocycles. The van der Waals surface area contributed by atoms with E-state index in [0.717, 1.165) is 81.8 Å². The number of ketones is 1. The number of anilines is 1. The zero-order chi connectivity index (χ0) is 26.4. The lowest BCUT2D eigenvalue weighted by molar-refractivity contribution is -0.148. The van der Waals surface area contributed by atoms with E-state index in [4.69, 9.17) is 19.5 Å². The van der Waals surface area contributed by atoms with Gasteiger partial charge >= 0.3 is 6.01 Å². The van der Waals surface area contributed by atoms with E-state index < -0.39 is 0 Å². The maximum absolute atomic E-state index is 13.2. The van der Waals surface area contributed by atoms with Gasteiger partial charge in [-0.15, -0.1) is 0 Å². The molecule has 9 heteroatoms. The molecule has 5 aliphatic rings. The predicted molar refractivity (Wildman–Crippen MR) is 147 cm³/mol. The highest BCUT2D eigenvalue weighted by Crippen LogP contribution is 2.51. The first-order valence-corrected chi connectivity index (χ1v) is 14.9. The fourth-order valence-electron chi connectivity index (χ4n) is 7.91. The van der Waals surface area contributed by atoms with E-state index in [1.165, 1.54) is 6.42 Å². The SMILES string of the molecule is C[C@H](Oc1nc(C2=NO[C@@H]3C2CCC[C@@]32CCCCC2=O)cc(N2C[C@H](C)N[C@@H](C)C2)n1)[C@@H]1CCCN1C. The smallest absolute Gasteiger partial charge is 0.319 e. The van der Waals surface area contributed by atoms with Crippen molar-refractivity contribution in [1.82, 2.24) is 20.2 Å². The molecule has 0 bridgehead atoms. The number of nitrogens with zero attached hydrogens (tertiary/aromatic N) is 5. The summed E-state index contributed by atoms with van der Waals surface area (Å²) in [5.74, 6) is 1.34. The molecule has 2 saturated carbocycles. The second-order valence-electron chi connectivity index (χ2n) is 12.6. The highest BCUT2D eigenvalue weighted by atomic mass is 16.6. The van der Waals surface area contributed by atoms with Gasteiger partial charge in [0.05, 0.1) is 11.1 Å². The molecule has 6 rings (SSSR count). The number of hydrogen-bond acceptors (Lipinski definition) is 9. The summed E-state index contributed by atoms with van der Waals surface area (Å²) < 4.78 is 6.46. The lowest BCUT2D eigenvalue weighted by atomic mass is 9.59. The second kappa shape index (κ2) is 10.4. The van der Waals surface area contributed by atoms with E-state index in [1.807, 2.05) is 0 Å². The molecule has 4 fully saturated rings. The minimum absolute atomic E-state index is 0.0150. The molecule has 9 nitrogen and oxygen atoms in total. The van der Waals surface area contributed by atoms with E-state index in [9.17, 15) is 4.79 Å². The summed E-state index contributed by atoms with van der Waals surface area (Å²) in [5, 5.41) is 8.25. The third-order valence-corrected chi connectivity index (χ3v) is 9.74. The van der Waals surface area contributed by atoms with Crippen LogP contribution in [0.5, 0.6) is 6.01 Å².